The van der Waals surface area contributed by atoms with Crippen LogP contribution in [0.2, 0.25) is 0 Å². The van der Waals surface area contributed by atoms with Gasteiger partial charge in [0, 0.05) is 6.54 Å². The number of hydrogen-bond donors (Lipinski definition) is 2. The van der Waals surface area contributed by atoms with Crippen LogP contribution in [0.1, 0.15) is 6.42 Å². The number of hydrogen-bond acceptors (Lipinski definition) is 4. The lowest BCUT2D eigenvalue weighted by molar-refractivity contribution is -0.0310. The predicted molar refractivity (Wildman–Crippen MR) is 43.6 cm³/mol. The number of carbonyl (C=O) groups is 1. The van der Waals surface area contributed by atoms with Gasteiger partial charge in [0.25, 0.3) is 0 Å². The minimum atomic E-state index is -0.870. The molecule has 1 heterocycles. The number of β-amino-alcohol motifs (C(OH)–C–C–N with tert-alkyl or cyclic N) is 1. The molecule has 2 atom stereocenters. The number of halogens is 1. The molecular weight excluding hydrogens is 230 g/mol. The zero-order valence-electron chi connectivity index (χ0n) is 6.31. The van der Waals surface area contributed by atoms with Crippen LogP contribution in [0.4, 0.5) is 4.79 Å². The molecule has 2 unspecified atom stereocenters. The lowest BCUT2D eigenvalue weighted by Crippen LogP contribution is -2.48. The number of nitrogens with zero attached hydrogens (tertiary/aromatic N) is 1. The van der Waals surface area contributed by atoms with Crippen LogP contribution in [0, 0.1) is 0 Å². The predicted octanol–water partition coefficient (Wildman–Crippen LogP) is -0.140. The molecule has 12 heavy (non-hydrogen) atoms. The van der Waals surface area contributed by atoms with E-state index in [9.17, 15) is 9.90 Å². The summed E-state index contributed by atoms with van der Waals surface area (Å²) in [7, 11) is 0. The Bertz CT molecular complexity index is 177. The summed E-state index contributed by atoms with van der Waals surface area (Å²) in [5.41, 5.74) is 0. The Labute approximate surface area is 78.4 Å². The molecule has 1 saturated heterocycles. The van der Waals surface area contributed by atoms with Gasteiger partial charge in [0.15, 0.2) is 16.3 Å². The van der Waals surface area contributed by atoms with E-state index in [1.807, 2.05) is 0 Å². The van der Waals surface area contributed by atoms with Crippen LogP contribution in [0.3, 0.4) is 0 Å². The summed E-state index contributed by atoms with van der Waals surface area (Å²) in [5.74, 6) is 0. The van der Waals surface area contributed by atoms with Crippen LogP contribution in [0.5, 0.6) is 0 Å². The fraction of sp³-hybridized carbons (Fsp3) is 0.833. The van der Waals surface area contributed by atoms with E-state index in [0.717, 1.165) is 0 Å². The van der Waals surface area contributed by atoms with Gasteiger partial charge in [0.1, 0.15) is 0 Å². The van der Waals surface area contributed by atoms with E-state index in [1.54, 1.807) is 0 Å². The summed E-state index contributed by atoms with van der Waals surface area (Å²) in [4.78, 5) is 12.2. The topological polar surface area (TPSA) is 70.0 Å². The Hall–Kier alpha value is -0.330. The minimum Gasteiger partial charge on any atom is -0.390 e. The molecule has 70 valence electrons. The molecule has 6 heteroatoms. The molecule has 0 aromatic heterocycles. The van der Waals surface area contributed by atoms with Crippen molar-refractivity contribution in [2.45, 2.75) is 18.6 Å². The molecule has 0 aliphatic carbocycles. The number of carbonyl (C=O) groups excluding carboxylic acids is 1. The van der Waals surface area contributed by atoms with Gasteiger partial charge in [-0.2, -0.15) is 0 Å². The Morgan fingerprint density at radius 1 is 1.50 bits per heavy atom. The van der Waals surface area contributed by atoms with Crippen LogP contribution < -0.4 is 0 Å². The summed E-state index contributed by atoms with van der Waals surface area (Å²) < 4.78 is 4.28. The molecule has 0 radical (unpaired) electrons. The van der Waals surface area contributed by atoms with Crippen molar-refractivity contribution < 1.29 is 18.8 Å². The van der Waals surface area contributed by atoms with Crippen LogP contribution >= 0.6 is 16.3 Å². The standard InChI is InChI=1S/C6H10BrNO4/c7-12-6(11)8-2-1-4(9)5(10)3-8/h4-5,9-10H,1-3H2. The van der Waals surface area contributed by atoms with E-state index in [0.29, 0.717) is 13.0 Å². The molecule has 5 nitrogen and oxygen atoms in total. The van der Waals surface area contributed by atoms with Gasteiger partial charge in [0.2, 0.25) is 0 Å². The molecule has 1 fully saturated rings. The third-order valence-corrected chi connectivity index (χ3v) is 2.15. The maximum atomic E-state index is 10.9. The van der Waals surface area contributed by atoms with Crippen molar-refractivity contribution >= 4 is 22.4 Å². The minimum absolute atomic E-state index is 0.117. The second-order valence-corrected chi connectivity index (χ2v) is 3.04. The van der Waals surface area contributed by atoms with Crippen molar-refractivity contribution in [1.82, 2.24) is 4.90 Å². The molecule has 1 aliphatic rings. The van der Waals surface area contributed by atoms with E-state index in [2.05, 4.69) is 20.1 Å². The smallest absolute Gasteiger partial charge is 0.390 e. The molecule has 1 rings (SSSR count). The highest BCUT2D eigenvalue weighted by molar-refractivity contribution is 9.06. The highest BCUT2D eigenvalue weighted by Gasteiger charge is 2.29. The molecule has 2 N–H and O–H groups in total. The van der Waals surface area contributed by atoms with Gasteiger partial charge in [0.05, 0.1) is 18.8 Å². The third kappa shape index (κ3) is 2.09. The summed E-state index contributed by atoms with van der Waals surface area (Å²) in [6.45, 7) is 0.522. The third-order valence-electron chi connectivity index (χ3n) is 1.87. The summed E-state index contributed by atoms with van der Waals surface area (Å²) in [6, 6.07) is 0. The SMILES string of the molecule is O=C(OBr)N1CCC(O)C(O)C1. The highest BCUT2D eigenvalue weighted by atomic mass is 79.9. The fourth-order valence-electron chi connectivity index (χ4n) is 1.13. The van der Waals surface area contributed by atoms with Gasteiger partial charge in [-0.1, -0.05) is 0 Å². The maximum absolute atomic E-state index is 10.9. The first kappa shape index (κ1) is 9.76. The lowest BCUT2D eigenvalue weighted by atomic mass is 10.1. The first-order valence-corrected chi connectivity index (χ1v) is 4.23. The fourth-order valence-corrected chi connectivity index (χ4v) is 1.34. The van der Waals surface area contributed by atoms with Gasteiger partial charge < -0.3 is 18.9 Å². The molecule has 0 spiro atoms. The quantitative estimate of drug-likeness (QED) is 0.618. The highest BCUT2D eigenvalue weighted by Crippen LogP contribution is 2.12. The Balaban J connectivity index is 2.45. The van der Waals surface area contributed by atoms with Crippen LogP contribution in [-0.2, 0) is 3.83 Å². The molecule has 0 aromatic carbocycles. The van der Waals surface area contributed by atoms with E-state index >= 15 is 0 Å². The summed E-state index contributed by atoms with van der Waals surface area (Å²) in [5, 5.41) is 18.3. The number of aliphatic hydroxyl groups is 2. The molecule has 0 aromatic rings. The van der Waals surface area contributed by atoms with Crippen molar-refractivity contribution in [3.8, 4) is 0 Å². The van der Waals surface area contributed by atoms with Gasteiger partial charge in [-0.05, 0) is 6.42 Å². The van der Waals surface area contributed by atoms with E-state index in [4.69, 9.17) is 5.11 Å². The molecular formula is C6H10BrNO4. The number of rotatable bonds is 0. The number of aliphatic hydroxyl groups excluding tert-OH is 2. The Morgan fingerprint density at radius 2 is 2.17 bits per heavy atom. The van der Waals surface area contributed by atoms with Crippen molar-refractivity contribution in [2.75, 3.05) is 13.1 Å². The average Bonchev–Trinajstić information content (AvgIpc) is 2.08. The maximum Gasteiger partial charge on any atom is 0.421 e. The van der Waals surface area contributed by atoms with Crippen molar-refractivity contribution in [3.05, 3.63) is 0 Å². The van der Waals surface area contributed by atoms with Gasteiger partial charge in [-0.15, -0.1) is 0 Å². The van der Waals surface area contributed by atoms with Crippen molar-refractivity contribution in [3.63, 3.8) is 0 Å². The van der Waals surface area contributed by atoms with E-state index < -0.39 is 18.3 Å². The lowest BCUT2D eigenvalue weighted by Gasteiger charge is -2.31. The first-order valence-electron chi connectivity index (χ1n) is 3.58. The second kappa shape index (κ2) is 4.06. The molecule has 1 amide bonds. The van der Waals surface area contributed by atoms with Crippen LogP contribution in [0.25, 0.3) is 0 Å². The molecule has 0 saturated carbocycles. The van der Waals surface area contributed by atoms with Gasteiger partial charge >= 0.3 is 6.09 Å². The summed E-state index contributed by atoms with van der Waals surface area (Å²) in [6.07, 6.45) is -1.76. The van der Waals surface area contributed by atoms with Crippen LogP contribution in [-0.4, -0.2) is 46.5 Å². The summed E-state index contributed by atoms with van der Waals surface area (Å²) >= 11 is 2.55. The largest absolute Gasteiger partial charge is 0.421 e. The average molecular weight is 240 g/mol. The Morgan fingerprint density at radius 3 is 2.67 bits per heavy atom. The van der Waals surface area contributed by atoms with Crippen molar-refractivity contribution in [2.24, 2.45) is 0 Å². The van der Waals surface area contributed by atoms with Crippen LogP contribution in [0.15, 0.2) is 0 Å². The van der Waals surface area contributed by atoms with Crippen molar-refractivity contribution in [1.29, 1.82) is 0 Å². The Kier molecular flexibility index (Phi) is 3.30. The zero-order chi connectivity index (χ0) is 9.14. The van der Waals surface area contributed by atoms with E-state index in [-0.39, 0.29) is 6.54 Å². The molecule has 1 aliphatic heterocycles. The second-order valence-electron chi connectivity index (χ2n) is 2.71. The normalized spacial score (nSPS) is 30.1. The monoisotopic (exact) mass is 239 g/mol. The molecule has 0 bridgehead atoms. The zero-order valence-corrected chi connectivity index (χ0v) is 7.90. The number of likely N-dealkylation sites (tertiary alicyclic amines) is 1. The van der Waals surface area contributed by atoms with Gasteiger partial charge in [-0.3, -0.25) is 0 Å². The van der Waals surface area contributed by atoms with Gasteiger partial charge in [-0.25, -0.2) is 4.79 Å². The number of piperidine rings is 1. The van der Waals surface area contributed by atoms with E-state index in [1.165, 1.54) is 4.90 Å². The first-order chi connectivity index (χ1) is 5.65. The number of amides is 1.